The molecule has 0 spiro atoms. The van der Waals surface area contributed by atoms with E-state index in [4.69, 9.17) is 11.6 Å². The normalized spacial score (nSPS) is 22.4. The molecule has 1 N–H and O–H groups in total. The molecule has 0 atom stereocenters. The Morgan fingerprint density at radius 1 is 1.67 bits per heavy atom. The number of halogens is 1. The van der Waals surface area contributed by atoms with E-state index < -0.39 is 0 Å². The van der Waals surface area contributed by atoms with Gasteiger partial charge in [-0.1, -0.05) is 0 Å². The molecule has 1 amide bonds. The van der Waals surface area contributed by atoms with Crippen molar-refractivity contribution in [3.8, 4) is 0 Å². The lowest BCUT2D eigenvalue weighted by Gasteiger charge is -2.38. The maximum absolute atomic E-state index is 11.2. The Balaban J connectivity index is 2.52. The van der Waals surface area contributed by atoms with Crippen molar-refractivity contribution in [1.82, 2.24) is 10.2 Å². The standard InChI is InChI=1S/C8H15ClN2O/c1-8(2)6-11(4-3-10-8)7(12)5-9/h10H,3-6H2,1-2H3. The highest BCUT2D eigenvalue weighted by atomic mass is 35.5. The van der Waals surface area contributed by atoms with E-state index in [0.29, 0.717) is 0 Å². The van der Waals surface area contributed by atoms with Gasteiger partial charge >= 0.3 is 0 Å². The zero-order valence-corrected chi connectivity index (χ0v) is 8.32. The van der Waals surface area contributed by atoms with Gasteiger partial charge in [0.2, 0.25) is 5.91 Å². The number of hydrogen-bond acceptors (Lipinski definition) is 2. The summed E-state index contributed by atoms with van der Waals surface area (Å²) in [4.78, 5) is 13.0. The molecule has 1 heterocycles. The van der Waals surface area contributed by atoms with Gasteiger partial charge in [0.05, 0.1) is 0 Å². The minimum atomic E-state index is 0.0277. The molecule has 4 heteroatoms. The van der Waals surface area contributed by atoms with Crippen LogP contribution in [0.4, 0.5) is 0 Å². The van der Waals surface area contributed by atoms with Crippen LogP contribution < -0.4 is 5.32 Å². The molecule has 0 unspecified atom stereocenters. The molecule has 1 fully saturated rings. The highest BCUT2D eigenvalue weighted by molar-refractivity contribution is 6.27. The van der Waals surface area contributed by atoms with Gasteiger partial charge in [-0.25, -0.2) is 0 Å². The van der Waals surface area contributed by atoms with E-state index in [2.05, 4.69) is 19.2 Å². The SMILES string of the molecule is CC1(C)CN(C(=O)CCl)CCN1. The van der Waals surface area contributed by atoms with Gasteiger partial charge < -0.3 is 10.2 Å². The van der Waals surface area contributed by atoms with Gasteiger partial charge in [0.1, 0.15) is 5.88 Å². The maximum Gasteiger partial charge on any atom is 0.237 e. The van der Waals surface area contributed by atoms with Crippen LogP contribution in [0.15, 0.2) is 0 Å². The monoisotopic (exact) mass is 190 g/mol. The first-order valence-corrected chi connectivity index (χ1v) is 4.67. The lowest BCUT2D eigenvalue weighted by atomic mass is 10.0. The van der Waals surface area contributed by atoms with E-state index in [9.17, 15) is 4.79 Å². The molecule has 0 aromatic heterocycles. The second-order valence-electron chi connectivity index (χ2n) is 3.76. The summed E-state index contributed by atoms with van der Waals surface area (Å²) in [5.74, 6) is 0.127. The van der Waals surface area contributed by atoms with Gasteiger partial charge in [-0.2, -0.15) is 0 Å². The summed E-state index contributed by atoms with van der Waals surface area (Å²) in [5.41, 5.74) is 0.0277. The van der Waals surface area contributed by atoms with Crippen LogP contribution in [0.3, 0.4) is 0 Å². The van der Waals surface area contributed by atoms with Gasteiger partial charge in [0.25, 0.3) is 0 Å². The molecule has 0 radical (unpaired) electrons. The lowest BCUT2D eigenvalue weighted by Crippen LogP contribution is -2.58. The van der Waals surface area contributed by atoms with Crippen LogP contribution in [-0.4, -0.2) is 41.9 Å². The molecule has 0 aromatic carbocycles. The summed E-state index contributed by atoms with van der Waals surface area (Å²) in [6, 6.07) is 0. The highest BCUT2D eigenvalue weighted by Crippen LogP contribution is 2.10. The average molecular weight is 191 g/mol. The minimum Gasteiger partial charge on any atom is -0.339 e. The summed E-state index contributed by atoms with van der Waals surface area (Å²) < 4.78 is 0. The number of amides is 1. The fraction of sp³-hybridized carbons (Fsp3) is 0.875. The second-order valence-corrected chi connectivity index (χ2v) is 4.03. The third-order valence-electron chi connectivity index (χ3n) is 2.04. The first-order chi connectivity index (χ1) is 5.55. The lowest BCUT2D eigenvalue weighted by molar-refractivity contribution is -0.130. The summed E-state index contributed by atoms with van der Waals surface area (Å²) >= 11 is 5.47. The molecule has 0 aromatic rings. The topological polar surface area (TPSA) is 32.3 Å². The molecule has 12 heavy (non-hydrogen) atoms. The third-order valence-corrected chi connectivity index (χ3v) is 2.27. The van der Waals surface area contributed by atoms with Crippen molar-refractivity contribution in [2.24, 2.45) is 0 Å². The van der Waals surface area contributed by atoms with Gasteiger partial charge in [-0.05, 0) is 13.8 Å². The van der Waals surface area contributed by atoms with Crippen LogP contribution in [0.25, 0.3) is 0 Å². The van der Waals surface area contributed by atoms with E-state index >= 15 is 0 Å². The summed E-state index contributed by atoms with van der Waals surface area (Å²) in [6.07, 6.45) is 0. The van der Waals surface area contributed by atoms with Crippen molar-refractivity contribution in [3.63, 3.8) is 0 Å². The molecule has 1 aliphatic rings. The third kappa shape index (κ3) is 2.35. The first-order valence-electron chi connectivity index (χ1n) is 4.14. The number of carbonyl (C=O) groups excluding carboxylic acids is 1. The largest absolute Gasteiger partial charge is 0.339 e. The number of nitrogens with zero attached hydrogens (tertiary/aromatic N) is 1. The number of nitrogens with one attached hydrogen (secondary N) is 1. The van der Waals surface area contributed by atoms with E-state index in [-0.39, 0.29) is 17.3 Å². The molecular weight excluding hydrogens is 176 g/mol. The van der Waals surface area contributed by atoms with Gasteiger partial charge in [0.15, 0.2) is 0 Å². The molecular formula is C8H15ClN2O. The van der Waals surface area contributed by atoms with Gasteiger partial charge in [0, 0.05) is 25.2 Å². The van der Waals surface area contributed by atoms with Crippen LogP contribution in [0.1, 0.15) is 13.8 Å². The molecule has 0 aliphatic carbocycles. The highest BCUT2D eigenvalue weighted by Gasteiger charge is 2.27. The van der Waals surface area contributed by atoms with Crippen molar-refractivity contribution in [2.75, 3.05) is 25.5 Å². The van der Waals surface area contributed by atoms with E-state index in [1.807, 2.05) is 4.90 Å². The van der Waals surface area contributed by atoms with Crippen molar-refractivity contribution >= 4 is 17.5 Å². The summed E-state index contributed by atoms with van der Waals surface area (Å²) in [6.45, 7) is 6.55. The predicted molar refractivity (Wildman–Crippen MR) is 49.4 cm³/mol. The van der Waals surface area contributed by atoms with Crippen LogP contribution in [0, 0.1) is 0 Å². The zero-order valence-electron chi connectivity index (χ0n) is 7.56. The zero-order chi connectivity index (χ0) is 9.19. The van der Waals surface area contributed by atoms with Crippen molar-refractivity contribution < 1.29 is 4.79 Å². The number of piperazine rings is 1. The van der Waals surface area contributed by atoms with Crippen LogP contribution in [0.5, 0.6) is 0 Å². The molecule has 3 nitrogen and oxygen atoms in total. The van der Waals surface area contributed by atoms with E-state index in [1.165, 1.54) is 0 Å². The summed E-state index contributed by atoms with van der Waals surface area (Å²) in [7, 11) is 0. The van der Waals surface area contributed by atoms with Crippen LogP contribution in [0.2, 0.25) is 0 Å². The van der Waals surface area contributed by atoms with Crippen molar-refractivity contribution in [3.05, 3.63) is 0 Å². The first kappa shape index (κ1) is 9.81. The van der Waals surface area contributed by atoms with Crippen LogP contribution in [-0.2, 0) is 4.79 Å². The molecule has 0 bridgehead atoms. The average Bonchev–Trinajstić information content (AvgIpc) is 2.01. The number of carbonyl (C=O) groups is 1. The maximum atomic E-state index is 11.2. The predicted octanol–water partition coefficient (Wildman–Crippen LogP) is 0.436. The van der Waals surface area contributed by atoms with Crippen molar-refractivity contribution in [1.29, 1.82) is 0 Å². The van der Waals surface area contributed by atoms with Crippen LogP contribution >= 0.6 is 11.6 Å². The fourth-order valence-electron chi connectivity index (χ4n) is 1.44. The fourth-order valence-corrected chi connectivity index (χ4v) is 1.61. The van der Waals surface area contributed by atoms with Gasteiger partial charge in [-0.3, -0.25) is 4.79 Å². The quantitative estimate of drug-likeness (QED) is 0.609. The number of alkyl halides is 1. The number of hydrogen-bond donors (Lipinski definition) is 1. The molecule has 1 rings (SSSR count). The minimum absolute atomic E-state index is 0.0277. The molecule has 70 valence electrons. The Labute approximate surface area is 78.1 Å². The Bertz CT molecular complexity index is 182. The Morgan fingerprint density at radius 2 is 2.33 bits per heavy atom. The Kier molecular flexibility index (Phi) is 2.96. The summed E-state index contributed by atoms with van der Waals surface area (Å²) in [5, 5.41) is 3.33. The van der Waals surface area contributed by atoms with E-state index in [0.717, 1.165) is 19.6 Å². The number of rotatable bonds is 1. The smallest absolute Gasteiger partial charge is 0.237 e. The Hall–Kier alpha value is -0.280. The van der Waals surface area contributed by atoms with Gasteiger partial charge in [-0.15, -0.1) is 11.6 Å². The molecule has 1 aliphatic heterocycles. The second kappa shape index (κ2) is 3.62. The Morgan fingerprint density at radius 3 is 2.83 bits per heavy atom. The van der Waals surface area contributed by atoms with Crippen molar-refractivity contribution in [2.45, 2.75) is 19.4 Å². The molecule has 1 saturated heterocycles. The molecule has 0 saturated carbocycles. The van der Waals surface area contributed by atoms with E-state index in [1.54, 1.807) is 0 Å².